The third-order valence-corrected chi connectivity index (χ3v) is 2.05. The van der Waals surface area contributed by atoms with Crippen molar-refractivity contribution in [3.63, 3.8) is 0 Å². The van der Waals surface area contributed by atoms with Crippen LogP contribution in [0.5, 0.6) is 0 Å². The zero-order valence-corrected chi connectivity index (χ0v) is 9.00. The van der Waals surface area contributed by atoms with Gasteiger partial charge in [-0.05, 0) is 6.42 Å². The molecule has 0 heterocycles. The smallest absolute Gasteiger partial charge is 0.237 e. The number of nitriles is 1. The first kappa shape index (κ1) is 12.9. The Morgan fingerprint density at radius 2 is 2.21 bits per heavy atom. The minimum absolute atomic E-state index is 0.0105. The molecule has 0 aromatic heterocycles. The summed E-state index contributed by atoms with van der Waals surface area (Å²) in [7, 11) is 0. The normalized spacial score (nSPS) is 13.1. The minimum atomic E-state index is -0.579. The Morgan fingerprint density at radius 3 is 2.57 bits per heavy atom. The molecule has 14 heavy (non-hydrogen) atoms. The molecule has 0 aromatic carbocycles. The number of amides is 1. The number of aliphatic hydroxyl groups is 1. The number of aliphatic hydroxyl groups excluding tert-OH is 1. The third-order valence-electron chi connectivity index (χ3n) is 2.05. The molecule has 0 aliphatic heterocycles. The van der Waals surface area contributed by atoms with Crippen LogP contribution in [0.15, 0.2) is 0 Å². The zero-order valence-electron chi connectivity index (χ0n) is 9.00. The van der Waals surface area contributed by atoms with Crippen molar-refractivity contribution in [2.75, 3.05) is 13.2 Å². The van der Waals surface area contributed by atoms with Crippen molar-refractivity contribution in [3.8, 4) is 6.07 Å². The average Bonchev–Trinajstić information content (AvgIpc) is 2.17. The molecule has 0 spiro atoms. The van der Waals surface area contributed by atoms with Crippen LogP contribution in [0.1, 0.15) is 27.2 Å². The second kappa shape index (κ2) is 5.61. The largest absolute Gasteiger partial charge is 0.396 e. The molecule has 0 aliphatic carbocycles. The Morgan fingerprint density at radius 1 is 1.64 bits per heavy atom. The average molecular weight is 198 g/mol. The summed E-state index contributed by atoms with van der Waals surface area (Å²) in [5.41, 5.74) is -0.330. The standard InChI is InChI=1S/C10H18N2O2/c1-4-8(5-11)9(14)12-6-10(2,3)7-13/h8,13H,4,6-7H2,1-3H3,(H,12,14). The summed E-state index contributed by atoms with van der Waals surface area (Å²) in [5.74, 6) is -0.832. The van der Waals surface area contributed by atoms with Crippen LogP contribution in [0.3, 0.4) is 0 Å². The third kappa shape index (κ3) is 4.24. The Labute approximate surface area is 84.9 Å². The van der Waals surface area contributed by atoms with E-state index in [0.717, 1.165) is 0 Å². The molecule has 0 aromatic rings. The number of nitrogens with one attached hydrogen (secondary N) is 1. The lowest BCUT2D eigenvalue weighted by Crippen LogP contribution is -2.38. The van der Waals surface area contributed by atoms with E-state index in [1.54, 1.807) is 6.92 Å². The lowest BCUT2D eigenvalue weighted by Gasteiger charge is -2.22. The van der Waals surface area contributed by atoms with Crippen molar-refractivity contribution in [1.29, 1.82) is 5.26 Å². The number of carbonyl (C=O) groups is 1. The number of nitrogens with zero attached hydrogens (tertiary/aromatic N) is 1. The predicted octanol–water partition coefficient (Wildman–Crippen LogP) is 0.671. The Balaban J connectivity index is 4.03. The van der Waals surface area contributed by atoms with Gasteiger partial charge in [0, 0.05) is 18.6 Å². The summed E-state index contributed by atoms with van der Waals surface area (Å²) in [6, 6.07) is 1.93. The van der Waals surface area contributed by atoms with E-state index in [9.17, 15) is 4.79 Å². The van der Waals surface area contributed by atoms with Crippen molar-refractivity contribution in [2.45, 2.75) is 27.2 Å². The second-order valence-corrected chi connectivity index (χ2v) is 4.13. The first-order valence-electron chi connectivity index (χ1n) is 4.75. The molecular weight excluding hydrogens is 180 g/mol. The molecule has 0 radical (unpaired) electrons. The molecule has 0 aliphatic rings. The van der Waals surface area contributed by atoms with Gasteiger partial charge in [0.1, 0.15) is 5.92 Å². The van der Waals surface area contributed by atoms with E-state index in [1.165, 1.54) is 0 Å². The van der Waals surface area contributed by atoms with Gasteiger partial charge in [0.2, 0.25) is 5.91 Å². The van der Waals surface area contributed by atoms with Gasteiger partial charge in [0.25, 0.3) is 0 Å². The summed E-state index contributed by atoms with van der Waals surface area (Å²) in [4.78, 5) is 11.4. The van der Waals surface area contributed by atoms with Gasteiger partial charge in [-0.1, -0.05) is 20.8 Å². The van der Waals surface area contributed by atoms with Gasteiger partial charge >= 0.3 is 0 Å². The number of rotatable bonds is 5. The van der Waals surface area contributed by atoms with Gasteiger partial charge in [-0.3, -0.25) is 4.79 Å². The van der Waals surface area contributed by atoms with Crippen LogP contribution in [0.4, 0.5) is 0 Å². The van der Waals surface area contributed by atoms with E-state index >= 15 is 0 Å². The van der Waals surface area contributed by atoms with Crippen molar-refractivity contribution in [1.82, 2.24) is 5.32 Å². The Bertz CT molecular complexity index is 231. The quantitative estimate of drug-likeness (QED) is 0.682. The van der Waals surface area contributed by atoms with Crippen LogP contribution < -0.4 is 5.32 Å². The van der Waals surface area contributed by atoms with Crippen molar-refractivity contribution < 1.29 is 9.90 Å². The van der Waals surface area contributed by atoms with Gasteiger partial charge in [-0.2, -0.15) is 5.26 Å². The molecule has 2 N–H and O–H groups in total. The van der Waals surface area contributed by atoms with Gasteiger partial charge < -0.3 is 10.4 Å². The molecule has 1 atom stereocenters. The fourth-order valence-corrected chi connectivity index (χ4v) is 0.841. The summed E-state index contributed by atoms with van der Waals surface area (Å²) in [6.45, 7) is 5.89. The van der Waals surface area contributed by atoms with Crippen molar-refractivity contribution in [2.24, 2.45) is 11.3 Å². The van der Waals surface area contributed by atoms with Crippen LogP contribution >= 0.6 is 0 Å². The maximum absolute atomic E-state index is 11.4. The highest BCUT2D eigenvalue weighted by Gasteiger charge is 2.20. The van der Waals surface area contributed by atoms with E-state index in [2.05, 4.69) is 5.32 Å². The lowest BCUT2D eigenvalue weighted by molar-refractivity contribution is -0.124. The lowest BCUT2D eigenvalue weighted by atomic mass is 9.94. The summed E-state index contributed by atoms with van der Waals surface area (Å²) < 4.78 is 0. The molecule has 0 fully saturated rings. The van der Waals surface area contributed by atoms with Gasteiger partial charge in [-0.15, -0.1) is 0 Å². The summed E-state index contributed by atoms with van der Waals surface area (Å²) >= 11 is 0. The molecule has 1 amide bonds. The van der Waals surface area contributed by atoms with Gasteiger partial charge in [0.15, 0.2) is 0 Å². The Hall–Kier alpha value is -1.08. The molecule has 0 saturated carbocycles. The van der Waals surface area contributed by atoms with E-state index in [-0.39, 0.29) is 17.9 Å². The van der Waals surface area contributed by atoms with Crippen molar-refractivity contribution >= 4 is 5.91 Å². The predicted molar refractivity (Wildman–Crippen MR) is 53.3 cm³/mol. The van der Waals surface area contributed by atoms with Crippen LogP contribution in [0.2, 0.25) is 0 Å². The highest BCUT2D eigenvalue weighted by molar-refractivity contribution is 5.80. The molecule has 0 bridgehead atoms. The first-order valence-corrected chi connectivity index (χ1v) is 4.75. The molecule has 1 unspecified atom stereocenters. The first-order chi connectivity index (χ1) is 6.46. The molecule has 0 saturated heterocycles. The zero-order chi connectivity index (χ0) is 11.2. The number of hydrogen-bond acceptors (Lipinski definition) is 3. The highest BCUT2D eigenvalue weighted by atomic mass is 16.3. The molecule has 4 heteroatoms. The molecule has 80 valence electrons. The number of carbonyl (C=O) groups excluding carboxylic acids is 1. The van der Waals surface area contributed by atoms with Crippen LogP contribution in [0.25, 0.3) is 0 Å². The van der Waals surface area contributed by atoms with E-state index in [4.69, 9.17) is 10.4 Å². The maximum atomic E-state index is 11.4. The SMILES string of the molecule is CCC(C#N)C(=O)NCC(C)(C)CO. The summed E-state index contributed by atoms with van der Waals surface area (Å²) in [5, 5.41) is 20.2. The fourth-order valence-electron chi connectivity index (χ4n) is 0.841. The monoisotopic (exact) mass is 198 g/mol. The fraction of sp³-hybridized carbons (Fsp3) is 0.800. The van der Waals surface area contributed by atoms with Gasteiger partial charge in [0.05, 0.1) is 6.07 Å². The molecule has 0 rings (SSSR count). The van der Waals surface area contributed by atoms with Crippen molar-refractivity contribution in [3.05, 3.63) is 0 Å². The van der Waals surface area contributed by atoms with E-state index < -0.39 is 5.92 Å². The molecule has 4 nitrogen and oxygen atoms in total. The van der Waals surface area contributed by atoms with Gasteiger partial charge in [-0.25, -0.2) is 0 Å². The van der Waals surface area contributed by atoms with E-state index in [1.807, 2.05) is 19.9 Å². The second-order valence-electron chi connectivity index (χ2n) is 4.13. The van der Waals surface area contributed by atoms with Crippen LogP contribution in [-0.4, -0.2) is 24.2 Å². The number of hydrogen-bond donors (Lipinski definition) is 2. The Kier molecular flexibility index (Phi) is 5.18. The van der Waals surface area contributed by atoms with E-state index in [0.29, 0.717) is 13.0 Å². The minimum Gasteiger partial charge on any atom is -0.396 e. The molecular formula is C10H18N2O2. The van der Waals surface area contributed by atoms with Crippen LogP contribution in [0, 0.1) is 22.7 Å². The van der Waals surface area contributed by atoms with Crippen LogP contribution in [-0.2, 0) is 4.79 Å². The topological polar surface area (TPSA) is 73.1 Å². The highest BCUT2D eigenvalue weighted by Crippen LogP contribution is 2.11. The summed E-state index contributed by atoms with van der Waals surface area (Å²) in [6.07, 6.45) is 0.516. The maximum Gasteiger partial charge on any atom is 0.237 e.